The van der Waals surface area contributed by atoms with Crippen LogP contribution in [0.25, 0.3) is 5.78 Å². The van der Waals surface area contributed by atoms with E-state index in [9.17, 15) is 0 Å². The number of fused-ring (bicyclic) bond motifs is 1. The van der Waals surface area contributed by atoms with Gasteiger partial charge in [0.25, 0.3) is 5.78 Å². The van der Waals surface area contributed by atoms with Crippen molar-refractivity contribution in [1.29, 1.82) is 0 Å². The smallest absolute Gasteiger partial charge is 0.255 e. The van der Waals surface area contributed by atoms with E-state index >= 15 is 0 Å². The monoisotopic (exact) mass is 279 g/mol. The molecule has 6 heteroatoms. The normalized spacial score (nSPS) is 19.7. The second-order valence-electron chi connectivity index (χ2n) is 6.02. The van der Waals surface area contributed by atoms with Gasteiger partial charge >= 0.3 is 0 Å². The van der Waals surface area contributed by atoms with Gasteiger partial charge in [-0.2, -0.15) is 19.6 Å². The van der Waals surface area contributed by atoms with Crippen molar-refractivity contribution in [2.24, 2.45) is 5.41 Å². The Morgan fingerprint density at radius 3 is 2.84 bits per heavy atom. The van der Waals surface area contributed by atoms with Gasteiger partial charge in [-0.05, 0) is 31.1 Å². The van der Waals surface area contributed by atoms with Crippen molar-refractivity contribution in [3.05, 3.63) is 17.5 Å². The Labute approximate surface area is 117 Å². The van der Waals surface area contributed by atoms with Crippen LogP contribution in [0.3, 0.4) is 0 Å². The zero-order chi connectivity index (χ0) is 13.5. The van der Waals surface area contributed by atoms with Crippen LogP contribution >= 0.6 is 11.6 Å². The van der Waals surface area contributed by atoms with E-state index in [0.717, 1.165) is 5.82 Å². The minimum atomic E-state index is 0.444. The molecule has 1 fully saturated rings. The van der Waals surface area contributed by atoms with Crippen molar-refractivity contribution in [2.45, 2.75) is 45.6 Å². The highest BCUT2D eigenvalue weighted by molar-refractivity contribution is 6.29. The van der Waals surface area contributed by atoms with Gasteiger partial charge in [-0.25, -0.2) is 0 Å². The minimum absolute atomic E-state index is 0.444. The van der Waals surface area contributed by atoms with E-state index in [1.165, 1.54) is 32.0 Å². The second kappa shape index (κ2) is 4.63. The first-order chi connectivity index (χ1) is 9.03. The summed E-state index contributed by atoms with van der Waals surface area (Å²) in [5.74, 6) is 1.41. The number of anilines is 1. The predicted molar refractivity (Wildman–Crippen MR) is 75.5 cm³/mol. The fourth-order valence-corrected chi connectivity index (χ4v) is 2.82. The summed E-state index contributed by atoms with van der Waals surface area (Å²) in [5, 5.41) is 8.14. The van der Waals surface area contributed by atoms with Crippen LogP contribution in [0.2, 0.25) is 5.15 Å². The topological polar surface area (TPSA) is 55.1 Å². The molecule has 0 radical (unpaired) electrons. The Kier molecular flexibility index (Phi) is 3.09. The molecule has 0 bridgehead atoms. The second-order valence-corrected chi connectivity index (χ2v) is 6.41. The van der Waals surface area contributed by atoms with Gasteiger partial charge in [-0.1, -0.05) is 25.4 Å². The maximum atomic E-state index is 6.01. The summed E-state index contributed by atoms with van der Waals surface area (Å²) >= 11 is 6.01. The molecule has 5 nitrogen and oxygen atoms in total. The first-order valence-electron chi connectivity index (χ1n) is 6.66. The first-order valence-corrected chi connectivity index (χ1v) is 7.04. The van der Waals surface area contributed by atoms with Crippen LogP contribution in [0.15, 0.2) is 12.4 Å². The highest BCUT2D eigenvalue weighted by atomic mass is 35.5. The van der Waals surface area contributed by atoms with E-state index in [-0.39, 0.29) is 0 Å². The van der Waals surface area contributed by atoms with Crippen LogP contribution in [0, 0.1) is 5.41 Å². The molecule has 0 unspecified atom stereocenters. The summed E-state index contributed by atoms with van der Waals surface area (Å²) in [6, 6.07) is 2.28. The van der Waals surface area contributed by atoms with E-state index in [1.807, 2.05) is 6.07 Å². The van der Waals surface area contributed by atoms with Gasteiger partial charge in [-0.15, -0.1) is 0 Å². The maximum Gasteiger partial charge on any atom is 0.255 e. The fraction of sp³-hybridized carbons (Fsp3) is 0.615. The average Bonchev–Trinajstić information content (AvgIpc) is 2.80. The lowest BCUT2D eigenvalue weighted by molar-refractivity contribution is 0.232. The number of rotatable bonds is 2. The fourth-order valence-electron chi connectivity index (χ4n) is 2.64. The number of halogens is 1. The molecule has 0 aliphatic heterocycles. The SMILES string of the molecule is CC1(C)CCC(Nc2cc(Cl)nc3ncnn23)CC1. The van der Waals surface area contributed by atoms with Gasteiger partial charge in [0.05, 0.1) is 0 Å². The Hall–Kier alpha value is -1.36. The van der Waals surface area contributed by atoms with E-state index < -0.39 is 0 Å². The molecule has 0 atom stereocenters. The summed E-state index contributed by atoms with van der Waals surface area (Å²) in [6.45, 7) is 4.67. The van der Waals surface area contributed by atoms with Gasteiger partial charge in [0.1, 0.15) is 17.3 Å². The van der Waals surface area contributed by atoms with E-state index in [4.69, 9.17) is 11.6 Å². The minimum Gasteiger partial charge on any atom is -0.367 e. The van der Waals surface area contributed by atoms with Gasteiger partial charge < -0.3 is 5.32 Å². The Morgan fingerprint density at radius 1 is 1.37 bits per heavy atom. The van der Waals surface area contributed by atoms with Gasteiger partial charge in [0.15, 0.2) is 0 Å². The van der Waals surface area contributed by atoms with Crippen LogP contribution < -0.4 is 5.32 Å². The molecular formula is C13H18ClN5. The van der Waals surface area contributed by atoms with Gasteiger partial charge in [-0.3, -0.25) is 0 Å². The van der Waals surface area contributed by atoms with Crippen molar-refractivity contribution < 1.29 is 0 Å². The number of hydrogen-bond acceptors (Lipinski definition) is 4. The molecule has 1 N–H and O–H groups in total. The van der Waals surface area contributed by atoms with Crippen LogP contribution in [0.5, 0.6) is 0 Å². The lowest BCUT2D eigenvalue weighted by atomic mass is 9.75. The molecule has 1 aliphatic rings. The van der Waals surface area contributed by atoms with Crippen LogP contribution in [-0.4, -0.2) is 25.6 Å². The molecule has 3 rings (SSSR count). The number of aromatic nitrogens is 4. The molecule has 19 heavy (non-hydrogen) atoms. The van der Waals surface area contributed by atoms with E-state index in [2.05, 4.69) is 34.2 Å². The summed E-state index contributed by atoms with van der Waals surface area (Å²) in [5.41, 5.74) is 0.469. The molecule has 0 saturated heterocycles. The van der Waals surface area contributed by atoms with Crippen molar-refractivity contribution in [1.82, 2.24) is 19.6 Å². The van der Waals surface area contributed by atoms with Crippen molar-refractivity contribution >= 4 is 23.2 Å². The van der Waals surface area contributed by atoms with Crippen molar-refractivity contribution in [2.75, 3.05) is 5.32 Å². The summed E-state index contributed by atoms with van der Waals surface area (Å²) in [6.07, 6.45) is 6.31. The Bertz CT molecular complexity index is 582. The third-order valence-corrected chi connectivity index (χ3v) is 4.11. The first kappa shape index (κ1) is 12.7. The number of nitrogens with zero attached hydrogens (tertiary/aromatic N) is 4. The molecule has 0 amide bonds. The molecule has 1 saturated carbocycles. The largest absolute Gasteiger partial charge is 0.367 e. The zero-order valence-electron chi connectivity index (χ0n) is 11.2. The highest BCUT2D eigenvalue weighted by Crippen LogP contribution is 2.36. The molecule has 102 valence electrons. The van der Waals surface area contributed by atoms with E-state index in [1.54, 1.807) is 4.52 Å². The average molecular weight is 280 g/mol. The third-order valence-electron chi connectivity index (χ3n) is 3.91. The number of nitrogens with one attached hydrogen (secondary N) is 1. The number of hydrogen-bond donors (Lipinski definition) is 1. The molecule has 0 aromatic carbocycles. The molecule has 2 aromatic heterocycles. The van der Waals surface area contributed by atoms with Crippen molar-refractivity contribution in [3.63, 3.8) is 0 Å². The predicted octanol–water partition coefficient (Wildman–Crippen LogP) is 3.16. The molecule has 0 spiro atoms. The lowest BCUT2D eigenvalue weighted by Gasteiger charge is -2.35. The standard InChI is InChI=1S/C13H18ClN5/c1-13(2)5-3-9(4-6-13)17-11-7-10(14)18-12-15-8-16-19(11)12/h7-9,17H,3-6H2,1-2H3. The summed E-state index contributed by atoms with van der Waals surface area (Å²) in [4.78, 5) is 8.20. The quantitative estimate of drug-likeness (QED) is 0.858. The molecular weight excluding hydrogens is 262 g/mol. The lowest BCUT2D eigenvalue weighted by Crippen LogP contribution is -2.30. The zero-order valence-corrected chi connectivity index (χ0v) is 12.0. The van der Waals surface area contributed by atoms with Crippen LogP contribution in [-0.2, 0) is 0 Å². The summed E-state index contributed by atoms with van der Waals surface area (Å²) in [7, 11) is 0. The molecule has 2 aromatic rings. The van der Waals surface area contributed by atoms with E-state index in [0.29, 0.717) is 22.4 Å². The maximum absolute atomic E-state index is 6.01. The molecule has 2 heterocycles. The van der Waals surface area contributed by atoms with Gasteiger partial charge in [0, 0.05) is 12.1 Å². The van der Waals surface area contributed by atoms with Crippen molar-refractivity contribution in [3.8, 4) is 0 Å². The highest BCUT2D eigenvalue weighted by Gasteiger charge is 2.27. The Morgan fingerprint density at radius 2 is 2.11 bits per heavy atom. The van der Waals surface area contributed by atoms with Crippen LogP contribution in [0.1, 0.15) is 39.5 Å². The Balaban J connectivity index is 1.80. The third kappa shape index (κ3) is 2.66. The van der Waals surface area contributed by atoms with Gasteiger partial charge in [0.2, 0.25) is 0 Å². The van der Waals surface area contributed by atoms with Crippen LogP contribution in [0.4, 0.5) is 5.82 Å². The molecule has 1 aliphatic carbocycles. The summed E-state index contributed by atoms with van der Waals surface area (Å²) < 4.78 is 1.70.